The molecule has 0 fully saturated rings. The molecule has 0 atom stereocenters. The minimum absolute atomic E-state index is 0.170. The smallest absolute Gasteiger partial charge is 0.165 e. The first-order valence-electron chi connectivity index (χ1n) is 7.19. The molecular weight excluding hydrogens is 302 g/mol. The number of hydrogen-bond acceptors (Lipinski definition) is 5. The van der Waals surface area contributed by atoms with Crippen molar-refractivity contribution in [3.63, 3.8) is 0 Å². The fourth-order valence-corrected chi connectivity index (χ4v) is 2.62. The zero-order valence-electron chi connectivity index (χ0n) is 12.6. The van der Waals surface area contributed by atoms with Crippen molar-refractivity contribution in [2.45, 2.75) is 25.9 Å². The number of para-hydroxylation sites is 1. The van der Waals surface area contributed by atoms with Gasteiger partial charge in [-0.15, -0.1) is 0 Å². The van der Waals surface area contributed by atoms with Gasteiger partial charge in [-0.2, -0.15) is 0 Å². The van der Waals surface area contributed by atoms with Crippen molar-refractivity contribution in [1.82, 2.24) is 9.97 Å². The second-order valence-corrected chi connectivity index (χ2v) is 6.17. The molecule has 1 N–H and O–H groups in total. The molecule has 0 aliphatic carbocycles. The van der Waals surface area contributed by atoms with E-state index < -0.39 is 0 Å². The van der Waals surface area contributed by atoms with Gasteiger partial charge in [0.1, 0.15) is 23.2 Å². The third-order valence-corrected chi connectivity index (χ3v) is 3.51. The van der Waals surface area contributed by atoms with Crippen molar-refractivity contribution >= 4 is 17.4 Å². The lowest BCUT2D eigenvalue weighted by atomic mass is 10.0. The normalized spacial score (nSPS) is 15.0. The highest BCUT2D eigenvalue weighted by molar-refractivity contribution is 6.29. The Labute approximate surface area is 134 Å². The summed E-state index contributed by atoms with van der Waals surface area (Å²) in [7, 11) is 0. The van der Waals surface area contributed by atoms with E-state index in [-0.39, 0.29) is 5.60 Å². The first kappa shape index (κ1) is 14.9. The van der Waals surface area contributed by atoms with Crippen molar-refractivity contribution in [2.75, 3.05) is 18.5 Å². The number of halogens is 1. The van der Waals surface area contributed by atoms with Crippen LogP contribution in [-0.4, -0.2) is 28.7 Å². The van der Waals surface area contributed by atoms with E-state index in [1.54, 1.807) is 6.20 Å². The Morgan fingerprint density at radius 3 is 3.05 bits per heavy atom. The molecule has 116 valence electrons. The van der Waals surface area contributed by atoms with Gasteiger partial charge in [-0.3, -0.25) is 4.98 Å². The highest BCUT2D eigenvalue weighted by atomic mass is 35.5. The summed E-state index contributed by atoms with van der Waals surface area (Å²) in [6.07, 6.45) is 4.02. The van der Waals surface area contributed by atoms with Gasteiger partial charge in [0.05, 0.1) is 18.9 Å². The number of benzene rings is 1. The molecule has 5 nitrogen and oxygen atoms in total. The Kier molecular flexibility index (Phi) is 4.07. The van der Waals surface area contributed by atoms with Crippen molar-refractivity contribution < 1.29 is 9.47 Å². The van der Waals surface area contributed by atoms with Gasteiger partial charge < -0.3 is 14.8 Å². The van der Waals surface area contributed by atoms with Crippen LogP contribution in [0.5, 0.6) is 11.5 Å². The van der Waals surface area contributed by atoms with Crippen LogP contribution in [-0.2, 0) is 6.42 Å². The van der Waals surface area contributed by atoms with Gasteiger partial charge in [0, 0.05) is 12.0 Å². The number of nitrogens with zero attached hydrogens (tertiary/aromatic N) is 2. The molecule has 0 bridgehead atoms. The zero-order valence-corrected chi connectivity index (χ0v) is 13.4. The van der Waals surface area contributed by atoms with Crippen LogP contribution in [0.15, 0.2) is 30.6 Å². The number of hydrogen-bond donors (Lipinski definition) is 1. The standard InChI is InChI=1S/C16H18ClN3O2/c1-16(2)8-11-4-3-5-12(15(11)22-16)21-7-6-19-14-10-18-9-13(17)20-14/h3-5,9-10H,6-8H2,1-2H3,(H,19,20). The average molecular weight is 320 g/mol. The highest BCUT2D eigenvalue weighted by Crippen LogP contribution is 2.41. The maximum Gasteiger partial charge on any atom is 0.165 e. The molecule has 1 aliphatic heterocycles. The molecule has 0 unspecified atom stereocenters. The molecule has 3 rings (SSSR count). The van der Waals surface area contributed by atoms with E-state index in [9.17, 15) is 0 Å². The fourth-order valence-electron chi connectivity index (χ4n) is 2.47. The van der Waals surface area contributed by atoms with Crippen LogP contribution in [0, 0.1) is 0 Å². The predicted octanol–water partition coefficient (Wildman–Crippen LogP) is 3.33. The fraction of sp³-hybridized carbons (Fsp3) is 0.375. The van der Waals surface area contributed by atoms with Crippen LogP contribution in [0.2, 0.25) is 5.15 Å². The Morgan fingerprint density at radius 2 is 2.23 bits per heavy atom. The maximum atomic E-state index is 5.97. The van der Waals surface area contributed by atoms with Crippen LogP contribution in [0.3, 0.4) is 0 Å². The van der Waals surface area contributed by atoms with Gasteiger partial charge >= 0.3 is 0 Å². The lowest BCUT2D eigenvalue weighted by Gasteiger charge is -2.18. The van der Waals surface area contributed by atoms with Crippen LogP contribution < -0.4 is 14.8 Å². The molecule has 1 aromatic carbocycles. The average Bonchev–Trinajstić information content (AvgIpc) is 2.78. The molecule has 1 aromatic heterocycles. The molecule has 0 spiro atoms. The number of aromatic nitrogens is 2. The third-order valence-electron chi connectivity index (χ3n) is 3.33. The third kappa shape index (κ3) is 3.42. The Balaban J connectivity index is 1.56. The number of anilines is 1. The number of fused-ring (bicyclic) bond motifs is 1. The lowest BCUT2D eigenvalue weighted by Crippen LogP contribution is -2.24. The number of rotatable bonds is 5. The summed E-state index contributed by atoms with van der Waals surface area (Å²) in [5, 5.41) is 3.48. The topological polar surface area (TPSA) is 56.3 Å². The van der Waals surface area contributed by atoms with E-state index in [1.165, 1.54) is 11.8 Å². The SMILES string of the molecule is CC1(C)Cc2cccc(OCCNc3cncc(Cl)n3)c2O1. The second kappa shape index (κ2) is 6.01. The quantitative estimate of drug-likeness (QED) is 0.857. The van der Waals surface area contributed by atoms with Crippen molar-refractivity contribution in [3.05, 3.63) is 41.3 Å². The Bertz CT molecular complexity index is 676. The lowest BCUT2D eigenvalue weighted by molar-refractivity contribution is 0.132. The van der Waals surface area contributed by atoms with Crippen molar-refractivity contribution in [1.29, 1.82) is 0 Å². The van der Waals surface area contributed by atoms with Gasteiger partial charge in [-0.05, 0) is 19.9 Å². The summed E-state index contributed by atoms with van der Waals surface area (Å²) >= 11 is 5.78. The second-order valence-electron chi connectivity index (χ2n) is 5.79. The van der Waals surface area contributed by atoms with Gasteiger partial charge in [-0.25, -0.2) is 4.98 Å². The van der Waals surface area contributed by atoms with Crippen molar-refractivity contribution in [2.24, 2.45) is 0 Å². The van der Waals surface area contributed by atoms with E-state index in [4.69, 9.17) is 21.1 Å². The van der Waals surface area contributed by atoms with Gasteiger partial charge in [-0.1, -0.05) is 23.7 Å². The van der Waals surface area contributed by atoms with Crippen molar-refractivity contribution in [3.8, 4) is 11.5 Å². The number of nitrogens with one attached hydrogen (secondary N) is 1. The molecule has 0 radical (unpaired) electrons. The molecule has 1 aliphatic rings. The number of ether oxygens (including phenoxy) is 2. The van der Waals surface area contributed by atoms with E-state index in [0.717, 1.165) is 17.9 Å². The minimum atomic E-state index is -0.170. The molecule has 0 saturated carbocycles. The van der Waals surface area contributed by atoms with Crippen LogP contribution >= 0.6 is 11.6 Å². The molecule has 2 heterocycles. The van der Waals surface area contributed by atoms with E-state index in [1.807, 2.05) is 12.1 Å². The zero-order chi connectivity index (χ0) is 15.6. The first-order chi connectivity index (χ1) is 10.5. The summed E-state index contributed by atoms with van der Waals surface area (Å²) in [5.41, 5.74) is 1.02. The highest BCUT2D eigenvalue weighted by Gasteiger charge is 2.32. The minimum Gasteiger partial charge on any atom is -0.488 e. The van der Waals surface area contributed by atoms with Crippen LogP contribution in [0.4, 0.5) is 5.82 Å². The summed E-state index contributed by atoms with van der Waals surface area (Å²) in [6, 6.07) is 6.00. The summed E-state index contributed by atoms with van der Waals surface area (Å²) in [6.45, 7) is 5.25. The Hall–Kier alpha value is -2.01. The molecule has 0 amide bonds. The van der Waals surface area contributed by atoms with E-state index in [2.05, 4.69) is 35.2 Å². The maximum absolute atomic E-state index is 5.97. The van der Waals surface area contributed by atoms with Gasteiger partial charge in [0.2, 0.25) is 0 Å². The molecule has 2 aromatic rings. The summed E-state index contributed by atoms with van der Waals surface area (Å²) in [5.74, 6) is 2.27. The molecule has 0 saturated heterocycles. The van der Waals surface area contributed by atoms with E-state index >= 15 is 0 Å². The Morgan fingerprint density at radius 1 is 1.36 bits per heavy atom. The molecule has 22 heavy (non-hydrogen) atoms. The van der Waals surface area contributed by atoms with Gasteiger partial charge in [0.15, 0.2) is 11.5 Å². The summed E-state index contributed by atoms with van der Waals surface area (Å²) < 4.78 is 11.8. The van der Waals surface area contributed by atoms with Crippen LogP contribution in [0.25, 0.3) is 0 Å². The monoisotopic (exact) mass is 319 g/mol. The summed E-state index contributed by atoms with van der Waals surface area (Å²) in [4.78, 5) is 8.07. The largest absolute Gasteiger partial charge is 0.488 e. The predicted molar refractivity (Wildman–Crippen MR) is 85.9 cm³/mol. The van der Waals surface area contributed by atoms with Gasteiger partial charge in [0.25, 0.3) is 0 Å². The van der Waals surface area contributed by atoms with E-state index in [0.29, 0.717) is 24.1 Å². The molecule has 6 heteroatoms. The van der Waals surface area contributed by atoms with Crippen LogP contribution in [0.1, 0.15) is 19.4 Å². The first-order valence-corrected chi connectivity index (χ1v) is 7.56. The molecular formula is C16H18ClN3O2.